The van der Waals surface area contributed by atoms with Crippen LogP contribution in [0.2, 0.25) is 0 Å². The highest BCUT2D eigenvalue weighted by atomic mass is 32.2. The Hall–Kier alpha value is -3.12. The number of nitrogens with zero attached hydrogens (tertiary/aromatic N) is 5. The minimum absolute atomic E-state index is 0.223. The average molecular weight is 498 g/mol. The first-order chi connectivity index (χ1) is 16.4. The lowest BCUT2D eigenvalue weighted by atomic mass is 10.2. The van der Waals surface area contributed by atoms with Crippen molar-refractivity contribution in [1.29, 1.82) is 0 Å². The van der Waals surface area contributed by atoms with Gasteiger partial charge in [0.05, 0.1) is 17.7 Å². The fraction of sp³-hybridized carbons (Fsp3) is 0.261. The summed E-state index contributed by atoms with van der Waals surface area (Å²) in [6.45, 7) is 2.31. The molecule has 0 saturated carbocycles. The van der Waals surface area contributed by atoms with Crippen molar-refractivity contribution >= 4 is 26.3 Å². The van der Waals surface area contributed by atoms with E-state index in [0.29, 0.717) is 49.1 Å². The van der Waals surface area contributed by atoms with Gasteiger partial charge in [0.2, 0.25) is 15.0 Å². The maximum atomic E-state index is 13.0. The Labute approximate surface area is 200 Å². The summed E-state index contributed by atoms with van der Waals surface area (Å²) in [6, 6.07) is 17.6. The number of fused-ring (bicyclic) bond motifs is 1. The van der Waals surface area contributed by atoms with E-state index in [1.165, 1.54) is 26.2 Å². The molecular formula is C23H23N5O4S2. The Morgan fingerprint density at radius 3 is 2.38 bits per heavy atom. The largest absolute Gasteiger partial charge is 0.497 e. The first kappa shape index (κ1) is 22.7. The van der Waals surface area contributed by atoms with Crippen molar-refractivity contribution in [2.75, 3.05) is 33.3 Å². The predicted molar refractivity (Wildman–Crippen MR) is 130 cm³/mol. The molecule has 2 aromatic carbocycles. The van der Waals surface area contributed by atoms with Crippen LogP contribution in [0.1, 0.15) is 5.69 Å². The lowest BCUT2D eigenvalue weighted by Gasteiger charge is -2.33. The molecule has 176 valence electrons. The molecule has 3 heterocycles. The number of sulfonamides is 1. The second kappa shape index (κ2) is 9.26. The monoisotopic (exact) mass is 497 g/mol. The van der Waals surface area contributed by atoms with Crippen LogP contribution in [0.25, 0.3) is 15.5 Å². The highest BCUT2D eigenvalue weighted by molar-refractivity contribution is 7.89. The maximum absolute atomic E-state index is 13.0. The molecule has 9 nitrogen and oxygen atoms in total. The van der Waals surface area contributed by atoms with Gasteiger partial charge in [0.25, 0.3) is 5.56 Å². The van der Waals surface area contributed by atoms with Gasteiger partial charge in [0, 0.05) is 44.4 Å². The van der Waals surface area contributed by atoms with Crippen molar-refractivity contribution in [3.8, 4) is 16.3 Å². The van der Waals surface area contributed by atoms with E-state index in [1.807, 2.05) is 30.3 Å². The number of piperazine rings is 1. The Balaban J connectivity index is 1.28. The molecular weight excluding hydrogens is 474 g/mol. The second-order valence-corrected chi connectivity index (χ2v) is 10.8. The zero-order chi connectivity index (χ0) is 23.7. The average Bonchev–Trinajstić information content (AvgIpc) is 3.30. The zero-order valence-electron chi connectivity index (χ0n) is 18.5. The SMILES string of the molecule is COc1ccc(S(=O)(=O)N2CCN(Cc3cc(=O)n4nc(-c5ccccc5)sc4n3)CC2)cc1. The van der Waals surface area contributed by atoms with Gasteiger partial charge in [-0.3, -0.25) is 9.69 Å². The van der Waals surface area contributed by atoms with Crippen molar-refractivity contribution in [2.24, 2.45) is 0 Å². The lowest BCUT2D eigenvalue weighted by Crippen LogP contribution is -2.48. The third-order valence-corrected chi connectivity index (χ3v) is 8.60. The Morgan fingerprint density at radius 2 is 1.71 bits per heavy atom. The molecule has 1 saturated heterocycles. The van der Waals surface area contributed by atoms with Crippen molar-refractivity contribution in [3.05, 3.63) is 76.7 Å². The van der Waals surface area contributed by atoms with E-state index in [-0.39, 0.29) is 10.5 Å². The van der Waals surface area contributed by atoms with Crippen molar-refractivity contribution in [2.45, 2.75) is 11.4 Å². The van der Waals surface area contributed by atoms with Crippen LogP contribution >= 0.6 is 11.3 Å². The fourth-order valence-corrected chi connectivity index (χ4v) is 6.24. The van der Waals surface area contributed by atoms with E-state index in [4.69, 9.17) is 4.74 Å². The lowest BCUT2D eigenvalue weighted by molar-refractivity contribution is 0.180. The van der Waals surface area contributed by atoms with Gasteiger partial charge in [-0.15, -0.1) is 0 Å². The van der Waals surface area contributed by atoms with Gasteiger partial charge in [0.1, 0.15) is 10.8 Å². The Kier molecular flexibility index (Phi) is 6.17. The molecule has 0 atom stereocenters. The molecule has 0 N–H and O–H groups in total. The molecule has 1 aliphatic heterocycles. The molecule has 4 aromatic rings. The molecule has 11 heteroatoms. The third-order valence-electron chi connectivity index (χ3n) is 5.73. The molecule has 1 fully saturated rings. The normalized spacial score (nSPS) is 15.6. The van der Waals surface area contributed by atoms with Gasteiger partial charge in [0.15, 0.2) is 0 Å². The summed E-state index contributed by atoms with van der Waals surface area (Å²) in [5, 5.41) is 5.15. The van der Waals surface area contributed by atoms with Crippen LogP contribution < -0.4 is 10.3 Å². The maximum Gasteiger partial charge on any atom is 0.275 e. The second-order valence-electron chi connectivity index (χ2n) is 7.91. The molecule has 0 unspecified atom stereocenters. The van der Waals surface area contributed by atoms with Gasteiger partial charge in [-0.05, 0) is 24.3 Å². The predicted octanol–water partition coefficient (Wildman–Crippen LogP) is 2.33. The minimum atomic E-state index is -3.57. The van der Waals surface area contributed by atoms with Crippen LogP contribution in [-0.4, -0.2) is 65.5 Å². The van der Waals surface area contributed by atoms with Crippen LogP contribution in [-0.2, 0) is 16.6 Å². The quantitative estimate of drug-likeness (QED) is 0.403. The van der Waals surface area contributed by atoms with Crippen molar-refractivity contribution in [1.82, 2.24) is 23.8 Å². The molecule has 0 aliphatic carbocycles. The molecule has 34 heavy (non-hydrogen) atoms. The summed E-state index contributed by atoms with van der Waals surface area (Å²) in [6.07, 6.45) is 0. The number of hydrogen-bond donors (Lipinski definition) is 0. The number of methoxy groups -OCH3 is 1. The summed E-state index contributed by atoms with van der Waals surface area (Å²) < 4.78 is 33.9. The molecule has 0 spiro atoms. The molecule has 0 amide bonds. The topological polar surface area (TPSA) is 97.1 Å². The third kappa shape index (κ3) is 4.47. The zero-order valence-corrected chi connectivity index (χ0v) is 20.1. The summed E-state index contributed by atoms with van der Waals surface area (Å²) >= 11 is 1.37. The molecule has 2 aromatic heterocycles. The van der Waals surface area contributed by atoms with Crippen molar-refractivity contribution in [3.63, 3.8) is 0 Å². The molecule has 5 rings (SSSR count). The Bertz CT molecular complexity index is 1460. The first-order valence-corrected chi connectivity index (χ1v) is 13.0. The summed E-state index contributed by atoms with van der Waals surface area (Å²) in [5.74, 6) is 0.612. The van der Waals surface area contributed by atoms with E-state index in [2.05, 4.69) is 15.0 Å². The molecule has 0 radical (unpaired) electrons. The van der Waals surface area contributed by atoms with E-state index in [1.54, 1.807) is 31.4 Å². The smallest absolute Gasteiger partial charge is 0.275 e. The van der Waals surface area contributed by atoms with Crippen LogP contribution in [0, 0.1) is 0 Å². The van der Waals surface area contributed by atoms with E-state index in [9.17, 15) is 13.2 Å². The van der Waals surface area contributed by atoms with Crippen LogP contribution in [0.4, 0.5) is 0 Å². The first-order valence-electron chi connectivity index (χ1n) is 10.8. The van der Waals surface area contributed by atoms with Crippen LogP contribution in [0.5, 0.6) is 5.75 Å². The highest BCUT2D eigenvalue weighted by Crippen LogP contribution is 2.24. The summed E-state index contributed by atoms with van der Waals surface area (Å²) in [7, 11) is -2.02. The van der Waals surface area contributed by atoms with E-state index >= 15 is 0 Å². The van der Waals surface area contributed by atoms with Gasteiger partial charge < -0.3 is 4.74 Å². The number of rotatable bonds is 6. The number of hydrogen-bond acceptors (Lipinski definition) is 8. The number of aromatic nitrogens is 3. The van der Waals surface area contributed by atoms with Crippen molar-refractivity contribution < 1.29 is 13.2 Å². The van der Waals surface area contributed by atoms with Gasteiger partial charge in [-0.2, -0.15) is 13.9 Å². The summed E-state index contributed by atoms with van der Waals surface area (Å²) in [4.78, 5) is 20.2. The fourth-order valence-electron chi connectivity index (χ4n) is 3.89. The van der Waals surface area contributed by atoms with Crippen LogP contribution in [0.15, 0.2) is 70.4 Å². The summed E-state index contributed by atoms with van der Waals surface area (Å²) in [5.41, 5.74) is 1.37. The highest BCUT2D eigenvalue weighted by Gasteiger charge is 2.28. The Morgan fingerprint density at radius 1 is 1.00 bits per heavy atom. The number of ether oxygens (including phenoxy) is 1. The van der Waals surface area contributed by atoms with Gasteiger partial charge in [-0.1, -0.05) is 41.7 Å². The minimum Gasteiger partial charge on any atom is -0.497 e. The van der Waals surface area contributed by atoms with Gasteiger partial charge >= 0.3 is 0 Å². The molecule has 0 bridgehead atoms. The van der Waals surface area contributed by atoms with E-state index < -0.39 is 10.0 Å². The van der Waals surface area contributed by atoms with Crippen LogP contribution in [0.3, 0.4) is 0 Å². The van der Waals surface area contributed by atoms with Gasteiger partial charge in [-0.25, -0.2) is 13.4 Å². The number of benzene rings is 2. The van der Waals surface area contributed by atoms with E-state index in [0.717, 1.165) is 10.6 Å². The molecule has 1 aliphatic rings. The standard InChI is InChI=1S/C23H23N5O4S2/c1-32-19-7-9-20(10-8-19)34(30,31)27-13-11-26(12-14-27)16-18-15-21(29)28-23(24-18)33-22(25-28)17-5-3-2-4-6-17/h2-10,15H,11-14,16H2,1H3.